The van der Waals surface area contributed by atoms with E-state index in [2.05, 4.69) is 15.2 Å². The van der Waals surface area contributed by atoms with Gasteiger partial charge in [0.25, 0.3) is 0 Å². The highest BCUT2D eigenvalue weighted by Gasteiger charge is 2.31. The zero-order valence-corrected chi connectivity index (χ0v) is 21.7. The molecule has 2 saturated carbocycles. The molecule has 0 spiro atoms. The maximum absolute atomic E-state index is 13.7. The third-order valence-corrected chi connectivity index (χ3v) is 8.47. The summed E-state index contributed by atoms with van der Waals surface area (Å²) in [4.78, 5) is 37.1. The molecule has 2 aliphatic carbocycles. The number of benzene rings is 1. The highest BCUT2D eigenvalue weighted by molar-refractivity contribution is 5.78. The number of halogens is 1. The molecule has 0 unspecified atom stereocenters. The minimum absolute atomic E-state index is 0.124. The SMILES string of the molecule is O=C1CCCN1C1CCC(Nc2nccc(-c3cn(C4CCCCC4)c(=O)n3-c3ccc(F)cc3)n2)CC1. The summed E-state index contributed by atoms with van der Waals surface area (Å²) in [6, 6.07) is 8.59. The minimum atomic E-state index is -0.340. The maximum Gasteiger partial charge on any atom is 0.333 e. The summed E-state index contributed by atoms with van der Waals surface area (Å²) in [7, 11) is 0. The zero-order valence-electron chi connectivity index (χ0n) is 21.7. The summed E-state index contributed by atoms with van der Waals surface area (Å²) in [6.45, 7) is 0.892. The van der Waals surface area contributed by atoms with E-state index in [1.807, 2.05) is 16.8 Å². The van der Waals surface area contributed by atoms with Crippen LogP contribution in [0.1, 0.15) is 76.7 Å². The summed E-state index contributed by atoms with van der Waals surface area (Å²) in [5.41, 5.74) is 1.81. The minimum Gasteiger partial charge on any atom is -0.351 e. The predicted molar refractivity (Wildman–Crippen MR) is 144 cm³/mol. The van der Waals surface area contributed by atoms with Crippen molar-refractivity contribution in [2.75, 3.05) is 11.9 Å². The second kappa shape index (κ2) is 10.7. The van der Waals surface area contributed by atoms with Gasteiger partial charge in [-0.05, 0) is 75.3 Å². The summed E-state index contributed by atoms with van der Waals surface area (Å²) >= 11 is 0. The number of carbonyl (C=O) groups excluding carboxylic acids is 1. The molecule has 38 heavy (non-hydrogen) atoms. The second-order valence-corrected chi connectivity index (χ2v) is 10.9. The summed E-state index contributed by atoms with van der Waals surface area (Å²) in [5.74, 6) is 0.490. The molecule has 200 valence electrons. The van der Waals surface area contributed by atoms with Gasteiger partial charge >= 0.3 is 5.69 Å². The van der Waals surface area contributed by atoms with Gasteiger partial charge < -0.3 is 10.2 Å². The molecule has 0 radical (unpaired) electrons. The summed E-state index contributed by atoms with van der Waals surface area (Å²) < 4.78 is 17.2. The van der Waals surface area contributed by atoms with Gasteiger partial charge in [-0.2, -0.15) is 0 Å². The number of likely N-dealkylation sites (tertiary alicyclic amines) is 1. The van der Waals surface area contributed by atoms with Gasteiger partial charge in [-0.25, -0.2) is 19.2 Å². The lowest BCUT2D eigenvalue weighted by molar-refractivity contribution is -0.130. The van der Waals surface area contributed by atoms with Gasteiger partial charge in [0, 0.05) is 43.5 Å². The molecule has 0 atom stereocenters. The third kappa shape index (κ3) is 4.98. The van der Waals surface area contributed by atoms with E-state index in [9.17, 15) is 14.0 Å². The van der Waals surface area contributed by atoms with Crippen LogP contribution >= 0.6 is 0 Å². The molecule has 1 amide bonds. The smallest absolute Gasteiger partial charge is 0.333 e. The van der Waals surface area contributed by atoms with E-state index in [1.165, 1.54) is 18.6 Å². The first kappa shape index (κ1) is 24.8. The van der Waals surface area contributed by atoms with Crippen LogP contribution in [0, 0.1) is 5.82 Å². The quantitative estimate of drug-likeness (QED) is 0.492. The van der Waals surface area contributed by atoms with Crippen LogP contribution < -0.4 is 11.0 Å². The standard InChI is InChI=1S/C29H35FN6O2/c30-20-8-12-24(13-9-20)36-26(19-35(29(36)38)22-5-2-1-3-6-22)25-16-17-31-28(33-25)32-21-10-14-23(15-11-21)34-18-4-7-27(34)37/h8-9,12-13,16-17,19,21-23H,1-7,10-11,14-15,18H2,(H,31,32,33). The van der Waals surface area contributed by atoms with Gasteiger partial charge in [0.15, 0.2) is 0 Å². The molecule has 3 heterocycles. The molecular weight excluding hydrogens is 483 g/mol. The van der Waals surface area contributed by atoms with E-state index in [0.29, 0.717) is 41.4 Å². The van der Waals surface area contributed by atoms with E-state index < -0.39 is 0 Å². The zero-order chi connectivity index (χ0) is 26.1. The van der Waals surface area contributed by atoms with Crippen LogP contribution in [0.4, 0.5) is 10.3 Å². The van der Waals surface area contributed by atoms with Crippen LogP contribution in [0.25, 0.3) is 17.1 Å². The number of imidazole rings is 1. The van der Waals surface area contributed by atoms with E-state index in [4.69, 9.17) is 4.98 Å². The Morgan fingerprint density at radius 1 is 0.868 bits per heavy atom. The average Bonchev–Trinajstić information content (AvgIpc) is 3.53. The van der Waals surface area contributed by atoms with Crippen molar-refractivity contribution in [2.24, 2.45) is 0 Å². The Morgan fingerprint density at radius 3 is 2.34 bits per heavy atom. The van der Waals surface area contributed by atoms with Gasteiger partial charge in [-0.3, -0.25) is 13.9 Å². The molecule has 3 aliphatic rings. The molecule has 1 aromatic carbocycles. The maximum atomic E-state index is 13.7. The van der Waals surface area contributed by atoms with E-state index in [-0.39, 0.29) is 23.6 Å². The lowest BCUT2D eigenvalue weighted by atomic mass is 9.90. The van der Waals surface area contributed by atoms with Crippen LogP contribution in [0.5, 0.6) is 0 Å². The molecule has 3 aromatic rings. The lowest BCUT2D eigenvalue weighted by Gasteiger charge is -2.34. The first-order valence-corrected chi connectivity index (χ1v) is 14.1. The Kier molecular flexibility index (Phi) is 7.00. The number of hydrogen-bond donors (Lipinski definition) is 1. The molecule has 8 nitrogen and oxygen atoms in total. The van der Waals surface area contributed by atoms with Gasteiger partial charge in [0.2, 0.25) is 11.9 Å². The molecule has 3 fully saturated rings. The van der Waals surface area contributed by atoms with Gasteiger partial charge in [-0.1, -0.05) is 19.3 Å². The summed E-state index contributed by atoms with van der Waals surface area (Å²) in [5, 5.41) is 3.50. The first-order chi connectivity index (χ1) is 18.6. The lowest BCUT2D eigenvalue weighted by Crippen LogP contribution is -2.41. The van der Waals surface area contributed by atoms with Crippen molar-refractivity contribution in [2.45, 2.75) is 88.8 Å². The average molecular weight is 519 g/mol. The molecular formula is C29H35FN6O2. The molecule has 1 aliphatic heterocycles. The Hall–Kier alpha value is -3.49. The van der Waals surface area contributed by atoms with Crippen molar-refractivity contribution in [1.82, 2.24) is 24.0 Å². The van der Waals surface area contributed by atoms with E-state index in [1.54, 1.807) is 22.9 Å². The molecule has 9 heteroatoms. The Labute approximate surface area is 221 Å². The van der Waals surface area contributed by atoms with Gasteiger partial charge in [0.1, 0.15) is 5.82 Å². The van der Waals surface area contributed by atoms with Crippen molar-refractivity contribution < 1.29 is 9.18 Å². The van der Waals surface area contributed by atoms with Gasteiger partial charge in [0.05, 0.1) is 17.1 Å². The molecule has 6 rings (SSSR count). The van der Waals surface area contributed by atoms with Crippen LogP contribution in [-0.2, 0) is 4.79 Å². The summed E-state index contributed by atoms with van der Waals surface area (Å²) in [6.07, 6.45) is 14.6. The number of anilines is 1. The van der Waals surface area contributed by atoms with Crippen LogP contribution in [0.3, 0.4) is 0 Å². The number of amides is 1. The van der Waals surface area contributed by atoms with Crippen molar-refractivity contribution >= 4 is 11.9 Å². The van der Waals surface area contributed by atoms with Crippen molar-refractivity contribution in [3.05, 3.63) is 59.0 Å². The van der Waals surface area contributed by atoms with Crippen LogP contribution in [0.15, 0.2) is 47.5 Å². The van der Waals surface area contributed by atoms with Crippen molar-refractivity contribution in [3.8, 4) is 17.1 Å². The molecule has 2 aromatic heterocycles. The largest absolute Gasteiger partial charge is 0.351 e. The topological polar surface area (TPSA) is 85.0 Å². The van der Waals surface area contributed by atoms with Gasteiger partial charge in [-0.15, -0.1) is 0 Å². The molecule has 1 N–H and O–H groups in total. The normalized spacial score (nSPS) is 22.7. The van der Waals surface area contributed by atoms with E-state index in [0.717, 1.165) is 64.3 Å². The van der Waals surface area contributed by atoms with Crippen LogP contribution in [0.2, 0.25) is 0 Å². The third-order valence-electron chi connectivity index (χ3n) is 8.47. The number of hydrogen-bond acceptors (Lipinski definition) is 5. The van der Waals surface area contributed by atoms with Crippen molar-refractivity contribution in [1.29, 1.82) is 0 Å². The highest BCUT2D eigenvalue weighted by Crippen LogP contribution is 2.31. The van der Waals surface area contributed by atoms with E-state index >= 15 is 0 Å². The molecule has 0 bridgehead atoms. The first-order valence-electron chi connectivity index (χ1n) is 14.1. The Morgan fingerprint density at radius 2 is 1.63 bits per heavy atom. The number of aromatic nitrogens is 4. The Balaban J connectivity index is 1.25. The number of carbonyl (C=O) groups is 1. The fraction of sp³-hybridized carbons (Fsp3) is 0.517. The Bertz CT molecular complexity index is 1340. The second-order valence-electron chi connectivity index (χ2n) is 10.9. The highest BCUT2D eigenvalue weighted by atomic mass is 19.1. The molecule has 1 saturated heterocycles. The fourth-order valence-corrected chi connectivity index (χ4v) is 6.44. The van der Waals surface area contributed by atoms with Crippen molar-refractivity contribution in [3.63, 3.8) is 0 Å². The van der Waals surface area contributed by atoms with Crippen LogP contribution in [-0.4, -0.2) is 48.5 Å². The number of rotatable bonds is 6. The predicted octanol–water partition coefficient (Wildman–Crippen LogP) is 5.09. The number of nitrogens with one attached hydrogen (secondary N) is 1. The monoisotopic (exact) mass is 518 g/mol. The number of nitrogens with zero attached hydrogens (tertiary/aromatic N) is 5. The fourth-order valence-electron chi connectivity index (χ4n) is 6.44.